The van der Waals surface area contributed by atoms with Crippen molar-refractivity contribution in [2.24, 2.45) is 0 Å². The van der Waals surface area contributed by atoms with Gasteiger partial charge in [-0.05, 0) is 19.3 Å². The summed E-state index contributed by atoms with van der Waals surface area (Å²) in [6.45, 7) is 3.22. The summed E-state index contributed by atoms with van der Waals surface area (Å²) in [4.78, 5) is 26.6. The summed E-state index contributed by atoms with van der Waals surface area (Å²) in [7, 11) is 1.84. The van der Waals surface area contributed by atoms with Gasteiger partial charge in [0.1, 0.15) is 0 Å². The standard InChI is InChI=1S/C11H17N3O2/c1-8(15)12-10-5-11(6-10,7-10)14-4-3-13(2)9(14)16/h3-7H2,1-2H3,(H,12,15). The molecule has 0 atom stereocenters. The van der Waals surface area contributed by atoms with Gasteiger partial charge < -0.3 is 15.1 Å². The van der Waals surface area contributed by atoms with Gasteiger partial charge in [0.05, 0.1) is 5.54 Å². The van der Waals surface area contributed by atoms with Crippen molar-refractivity contribution in [3.05, 3.63) is 0 Å². The number of carbonyl (C=O) groups is 2. The first-order valence-electron chi connectivity index (χ1n) is 5.78. The maximum Gasteiger partial charge on any atom is 0.320 e. The molecule has 0 radical (unpaired) electrons. The van der Waals surface area contributed by atoms with Crippen LogP contribution >= 0.6 is 0 Å². The van der Waals surface area contributed by atoms with Crippen LogP contribution in [-0.4, -0.2) is 53.0 Å². The van der Waals surface area contributed by atoms with Gasteiger partial charge in [0.15, 0.2) is 0 Å². The fourth-order valence-electron chi connectivity index (χ4n) is 3.61. The zero-order valence-corrected chi connectivity index (χ0v) is 9.75. The van der Waals surface area contributed by atoms with Crippen LogP contribution in [0.5, 0.6) is 0 Å². The minimum atomic E-state index is 0.0211. The number of amides is 3. The molecule has 4 aliphatic rings. The van der Waals surface area contributed by atoms with E-state index in [9.17, 15) is 9.59 Å². The van der Waals surface area contributed by atoms with Crippen molar-refractivity contribution in [2.45, 2.75) is 37.3 Å². The first-order chi connectivity index (χ1) is 7.46. The highest BCUT2D eigenvalue weighted by atomic mass is 16.2. The second-order valence-electron chi connectivity index (χ2n) is 5.57. The average Bonchev–Trinajstić information content (AvgIpc) is 2.39. The molecule has 1 saturated heterocycles. The average molecular weight is 223 g/mol. The van der Waals surface area contributed by atoms with E-state index in [1.54, 1.807) is 11.8 Å². The molecular weight excluding hydrogens is 206 g/mol. The maximum atomic E-state index is 11.9. The van der Waals surface area contributed by atoms with Crippen LogP contribution in [0, 0.1) is 0 Å². The first-order valence-corrected chi connectivity index (χ1v) is 5.78. The van der Waals surface area contributed by atoms with E-state index in [0.29, 0.717) is 0 Å². The minimum absolute atomic E-state index is 0.0211. The molecule has 5 heteroatoms. The molecule has 0 aromatic rings. The van der Waals surface area contributed by atoms with Crippen LogP contribution < -0.4 is 5.32 Å². The molecule has 4 rings (SSSR count). The van der Waals surface area contributed by atoms with Crippen LogP contribution in [0.3, 0.4) is 0 Å². The number of nitrogens with one attached hydrogen (secondary N) is 1. The van der Waals surface area contributed by atoms with Gasteiger partial charge in [0, 0.05) is 32.6 Å². The van der Waals surface area contributed by atoms with Crippen LogP contribution in [0.4, 0.5) is 4.79 Å². The fourth-order valence-corrected chi connectivity index (χ4v) is 3.61. The molecule has 3 aliphatic carbocycles. The third-order valence-electron chi connectivity index (χ3n) is 4.23. The third-order valence-corrected chi connectivity index (χ3v) is 4.23. The monoisotopic (exact) mass is 223 g/mol. The Labute approximate surface area is 94.8 Å². The largest absolute Gasteiger partial charge is 0.351 e. The molecule has 4 fully saturated rings. The summed E-state index contributed by atoms with van der Waals surface area (Å²) >= 11 is 0. The Morgan fingerprint density at radius 2 is 1.94 bits per heavy atom. The highest BCUT2D eigenvalue weighted by molar-refractivity contribution is 5.79. The van der Waals surface area contributed by atoms with Crippen molar-refractivity contribution in [3.63, 3.8) is 0 Å². The Hall–Kier alpha value is -1.26. The van der Waals surface area contributed by atoms with Gasteiger partial charge in [-0.2, -0.15) is 0 Å². The van der Waals surface area contributed by atoms with Crippen molar-refractivity contribution < 1.29 is 9.59 Å². The van der Waals surface area contributed by atoms with Gasteiger partial charge >= 0.3 is 6.03 Å². The van der Waals surface area contributed by atoms with Crippen LogP contribution in [0.1, 0.15) is 26.2 Å². The van der Waals surface area contributed by atoms with Crippen molar-refractivity contribution in [3.8, 4) is 0 Å². The molecule has 2 bridgehead atoms. The number of hydrogen-bond acceptors (Lipinski definition) is 2. The Balaban J connectivity index is 1.66. The number of rotatable bonds is 2. The van der Waals surface area contributed by atoms with Crippen LogP contribution in [0.15, 0.2) is 0 Å². The first kappa shape index (κ1) is 9.93. The van der Waals surface area contributed by atoms with E-state index < -0.39 is 0 Å². The van der Waals surface area contributed by atoms with E-state index in [2.05, 4.69) is 5.32 Å². The van der Waals surface area contributed by atoms with Crippen molar-refractivity contribution in [1.29, 1.82) is 0 Å². The Kier molecular flexibility index (Phi) is 1.68. The molecule has 0 unspecified atom stereocenters. The predicted octanol–water partition coefficient (Wildman–Crippen LogP) is 0.165. The van der Waals surface area contributed by atoms with Gasteiger partial charge in [-0.3, -0.25) is 4.79 Å². The maximum absolute atomic E-state index is 11.9. The summed E-state index contributed by atoms with van der Waals surface area (Å²) in [6, 6.07) is 0.149. The molecule has 5 nitrogen and oxygen atoms in total. The summed E-state index contributed by atoms with van der Waals surface area (Å²) in [5, 5.41) is 3.01. The van der Waals surface area contributed by atoms with Crippen molar-refractivity contribution >= 4 is 11.9 Å². The second-order valence-corrected chi connectivity index (χ2v) is 5.57. The smallest absolute Gasteiger partial charge is 0.320 e. The van der Waals surface area contributed by atoms with Crippen LogP contribution in [0.2, 0.25) is 0 Å². The lowest BCUT2D eigenvalue weighted by molar-refractivity contribution is -0.164. The number of likely N-dealkylation sites (N-methyl/N-ethyl adjacent to an activating group) is 1. The van der Waals surface area contributed by atoms with Gasteiger partial charge in [0.2, 0.25) is 5.91 Å². The van der Waals surface area contributed by atoms with E-state index in [1.165, 1.54) is 0 Å². The lowest BCUT2D eigenvalue weighted by Crippen LogP contribution is -2.83. The van der Waals surface area contributed by atoms with Crippen LogP contribution in [-0.2, 0) is 4.79 Å². The highest BCUT2D eigenvalue weighted by Gasteiger charge is 2.72. The van der Waals surface area contributed by atoms with Crippen molar-refractivity contribution in [2.75, 3.05) is 20.1 Å². The molecule has 0 aromatic heterocycles. The van der Waals surface area contributed by atoms with Gasteiger partial charge in [-0.15, -0.1) is 0 Å². The normalized spacial score (nSPS) is 40.5. The lowest BCUT2D eigenvalue weighted by Gasteiger charge is -2.72. The molecule has 3 saturated carbocycles. The molecule has 1 N–H and O–H groups in total. The summed E-state index contributed by atoms with van der Waals surface area (Å²) in [6.07, 6.45) is 2.83. The highest BCUT2D eigenvalue weighted by Crippen LogP contribution is 2.64. The quantitative estimate of drug-likeness (QED) is 0.725. The molecule has 16 heavy (non-hydrogen) atoms. The van der Waals surface area contributed by atoms with Gasteiger partial charge in [-0.1, -0.05) is 0 Å². The van der Waals surface area contributed by atoms with E-state index in [4.69, 9.17) is 0 Å². The van der Waals surface area contributed by atoms with E-state index in [-0.39, 0.29) is 23.0 Å². The summed E-state index contributed by atoms with van der Waals surface area (Å²) in [5.74, 6) is 0.0400. The number of urea groups is 1. The third kappa shape index (κ3) is 1.06. The van der Waals surface area contributed by atoms with E-state index in [0.717, 1.165) is 32.4 Å². The number of nitrogens with zero attached hydrogens (tertiary/aromatic N) is 2. The summed E-state index contributed by atoms with van der Waals surface area (Å²) in [5.41, 5.74) is 0.0948. The Morgan fingerprint density at radius 3 is 2.38 bits per heavy atom. The number of carbonyl (C=O) groups excluding carboxylic acids is 2. The zero-order valence-electron chi connectivity index (χ0n) is 9.75. The second kappa shape index (κ2) is 2.70. The lowest BCUT2D eigenvalue weighted by atomic mass is 9.43. The zero-order chi connectivity index (χ0) is 11.6. The van der Waals surface area contributed by atoms with Crippen molar-refractivity contribution in [1.82, 2.24) is 15.1 Å². The molecule has 0 aromatic carbocycles. The molecule has 1 heterocycles. The molecular formula is C11H17N3O2. The SMILES string of the molecule is CC(=O)NC12CC(N3CCN(C)C3=O)(C1)C2. The Morgan fingerprint density at radius 1 is 1.31 bits per heavy atom. The fraction of sp³-hybridized carbons (Fsp3) is 0.818. The molecule has 0 spiro atoms. The predicted molar refractivity (Wildman–Crippen MR) is 57.9 cm³/mol. The molecule has 3 amide bonds. The molecule has 88 valence electrons. The number of hydrogen-bond donors (Lipinski definition) is 1. The van der Waals surface area contributed by atoms with E-state index >= 15 is 0 Å². The topological polar surface area (TPSA) is 52.7 Å². The summed E-state index contributed by atoms with van der Waals surface area (Å²) < 4.78 is 0. The minimum Gasteiger partial charge on any atom is -0.351 e. The van der Waals surface area contributed by atoms with E-state index in [1.807, 2.05) is 11.9 Å². The van der Waals surface area contributed by atoms with Crippen LogP contribution in [0.25, 0.3) is 0 Å². The van der Waals surface area contributed by atoms with Gasteiger partial charge in [0.25, 0.3) is 0 Å². The van der Waals surface area contributed by atoms with Gasteiger partial charge in [-0.25, -0.2) is 4.79 Å². The molecule has 1 aliphatic heterocycles. The Bertz CT molecular complexity index is 360.